The summed E-state index contributed by atoms with van der Waals surface area (Å²) >= 11 is 0. The molecular weight excluding hydrogens is 571 g/mol. The maximum Gasteiger partial charge on any atom is 0.416 e. The zero-order chi connectivity index (χ0) is 31.6. The summed E-state index contributed by atoms with van der Waals surface area (Å²) in [5.74, 6) is -1.11. The summed E-state index contributed by atoms with van der Waals surface area (Å²) in [6.07, 6.45) is 1.68. The van der Waals surface area contributed by atoms with Crippen molar-refractivity contribution in [3.8, 4) is 0 Å². The summed E-state index contributed by atoms with van der Waals surface area (Å²) < 4.78 is 46.9. The number of ether oxygens (including phenoxy) is 1. The Balaban J connectivity index is 1.31. The highest BCUT2D eigenvalue weighted by Crippen LogP contribution is 2.34. The number of hydrogen-bond donors (Lipinski definition) is 2. The van der Waals surface area contributed by atoms with E-state index in [9.17, 15) is 22.8 Å². The zero-order valence-electron chi connectivity index (χ0n) is 25.0. The first-order chi connectivity index (χ1) is 20.9. The predicted molar refractivity (Wildman–Crippen MR) is 164 cm³/mol. The number of methoxy groups -OCH3 is 1. The minimum Gasteiger partial charge on any atom is -0.464 e. The highest BCUT2D eigenvalue weighted by molar-refractivity contribution is 6.04. The van der Waals surface area contributed by atoms with E-state index in [1.165, 1.54) is 19.2 Å². The van der Waals surface area contributed by atoms with E-state index in [0.717, 1.165) is 41.1 Å². The lowest BCUT2D eigenvalue weighted by atomic mass is 10.0. The second kappa shape index (κ2) is 12.6. The van der Waals surface area contributed by atoms with Crippen LogP contribution in [0.4, 0.5) is 18.9 Å². The average Bonchev–Trinajstić information content (AvgIpc) is 3.64. The van der Waals surface area contributed by atoms with E-state index in [1.807, 2.05) is 50.2 Å². The topological polar surface area (TPSA) is 90.6 Å². The van der Waals surface area contributed by atoms with Gasteiger partial charge in [0.05, 0.1) is 12.7 Å². The number of likely N-dealkylation sites (N-methyl/N-ethyl adjacent to an activating group) is 1. The van der Waals surface area contributed by atoms with Crippen molar-refractivity contribution in [2.75, 3.05) is 39.6 Å². The first-order valence-electron chi connectivity index (χ1n) is 14.2. The van der Waals surface area contributed by atoms with Gasteiger partial charge in [-0.1, -0.05) is 24.3 Å². The van der Waals surface area contributed by atoms with Gasteiger partial charge in [-0.25, -0.2) is 9.78 Å². The van der Waals surface area contributed by atoms with Gasteiger partial charge in [0.2, 0.25) is 0 Å². The number of likely N-dealkylation sites (tertiary alicyclic amines) is 1. The molecule has 1 aliphatic rings. The summed E-state index contributed by atoms with van der Waals surface area (Å²) in [5, 5.41) is 3.48. The molecule has 230 valence electrons. The van der Waals surface area contributed by atoms with Crippen LogP contribution in [0.1, 0.15) is 55.1 Å². The number of esters is 1. The molecule has 8 nitrogen and oxygen atoms in total. The highest BCUT2D eigenvalue weighted by atomic mass is 19.4. The number of fused-ring (bicyclic) bond motifs is 1. The number of aromatic nitrogens is 2. The Morgan fingerprint density at radius 3 is 2.64 bits per heavy atom. The number of rotatable bonds is 8. The van der Waals surface area contributed by atoms with Crippen LogP contribution in [0.15, 0.2) is 54.7 Å². The van der Waals surface area contributed by atoms with Gasteiger partial charge in [0.25, 0.3) is 5.91 Å². The van der Waals surface area contributed by atoms with Crippen LogP contribution in [-0.2, 0) is 17.5 Å². The van der Waals surface area contributed by atoms with Gasteiger partial charge < -0.3 is 19.9 Å². The number of alkyl halides is 3. The van der Waals surface area contributed by atoms with Crippen LogP contribution >= 0.6 is 0 Å². The molecule has 1 fully saturated rings. The molecule has 5 rings (SSSR count). The number of amides is 1. The van der Waals surface area contributed by atoms with Crippen molar-refractivity contribution in [1.82, 2.24) is 19.8 Å². The first-order valence-corrected chi connectivity index (χ1v) is 14.2. The maximum absolute atomic E-state index is 14.1. The average molecular weight is 606 g/mol. The molecule has 2 N–H and O–H groups in total. The Labute approximate surface area is 253 Å². The number of nitrogens with one attached hydrogen (secondary N) is 2. The van der Waals surface area contributed by atoms with Crippen molar-refractivity contribution < 1.29 is 27.5 Å². The minimum absolute atomic E-state index is 0.0662. The molecule has 0 radical (unpaired) electrons. The van der Waals surface area contributed by atoms with Crippen molar-refractivity contribution in [3.05, 3.63) is 93.8 Å². The number of nitrogens with zero attached hydrogens (tertiary/aromatic N) is 3. The quantitative estimate of drug-likeness (QED) is 0.231. The molecular formula is C33H34F3N5O3. The summed E-state index contributed by atoms with van der Waals surface area (Å²) in [6, 6.07) is 12.9. The normalized spacial score (nSPS) is 15.9. The van der Waals surface area contributed by atoms with Gasteiger partial charge in [-0.3, -0.25) is 9.69 Å². The first kappa shape index (κ1) is 31.0. The molecule has 2 aromatic carbocycles. The molecule has 44 heavy (non-hydrogen) atoms. The van der Waals surface area contributed by atoms with Crippen molar-refractivity contribution in [2.24, 2.45) is 0 Å². The number of halogens is 3. The fourth-order valence-electron chi connectivity index (χ4n) is 5.37. The molecule has 0 saturated carbocycles. The van der Waals surface area contributed by atoms with Gasteiger partial charge >= 0.3 is 12.1 Å². The largest absolute Gasteiger partial charge is 0.464 e. The Kier molecular flexibility index (Phi) is 8.89. The van der Waals surface area contributed by atoms with Gasteiger partial charge in [0, 0.05) is 48.5 Å². The third-order valence-corrected chi connectivity index (χ3v) is 7.94. The number of aromatic amines is 1. The minimum atomic E-state index is -4.59. The summed E-state index contributed by atoms with van der Waals surface area (Å²) in [6.45, 7) is 3.51. The SMILES string of the molecule is COC(=O)c1cc2cc(C=Cc3cc(NC(=O)c4ccc(CN5CCC(N(C)C)C5)c(C(F)(F)F)c4)ccc3C)cnc2[nH]1. The second-order valence-corrected chi connectivity index (χ2v) is 11.3. The number of pyridine rings is 1. The standard InChI is InChI=1S/C33H34F3N5O3/c1-20-5-10-26(14-22(20)7-6-21-13-25-16-29(32(43)44-4)39-30(25)37-17-21)38-31(42)23-8-9-24(28(15-23)33(34,35)36)18-41-12-11-27(19-41)40(2)3/h5-10,13-17,27H,11-12,18-19H2,1-4H3,(H,37,39)(H,38,42). The van der Waals surface area contributed by atoms with Crippen LogP contribution in [0, 0.1) is 6.92 Å². The van der Waals surface area contributed by atoms with Gasteiger partial charge in [-0.15, -0.1) is 0 Å². The summed E-state index contributed by atoms with van der Waals surface area (Å²) in [5.41, 5.74) is 3.13. The lowest BCUT2D eigenvalue weighted by Crippen LogP contribution is -2.31. The zero-order valence-corrected chi connectivity index (χ0v) is 25.0. The van der Waals surface area contributed by atoms with Crippen molar-refractivity contribution in [3.63, 3.8) is 0 Å². The van der Waals surface area contributed by atoms with E-state index in [4.69, 9.17) is 4.74 Å². The predicted octanol–water partition coefficient (Wildman–Crippen LogP) is 6.24. The monoisotopic (exact) mass is 605 g/mol. The van der Waals surface area contributed by atoms with Crippen LogP contribution in [-0.4, -0.2) is 72.0 Å². The third kappa shape index (κ3) is 7.00. The van der Waals surface area contributed by atoms with Gasteiger partial charge in [-0.05, 0) is 86.1 Å². The van der Waals surface area contributed by atoms with Crippen LogP contribution in [0.5, 0.6) is 0 Å². The lowest BCUT2D eigenvalue weighted by Gasteiger charge is -2.22. The molecule has 0 aliphatic carbocycles. The number of aryl methyl sites for hydroxylation is 1. The number of H-pyrrole nitrogens is 1. The molecule has 1 aliphatic heterocycles. The number of carbonyl (C=O) groups excluding carboxylic acids is 2. The van der Waals surface area contributed by atoms with E-state index in [2.05, 4.69) is 20.2 Å². The smallest absolute Gasteiger partial charge is 0.416 e. The van der Waals surface area contributed by atoms with E-state index >= 15 is 0 Å². The van der Waals surface area contributed by atoms with Crippen LogP contribution in [0.25, 0.3) is 23.2 Å². The molecule has 11 heteroatoms. The fraction of sp³-hybridized carbons (Fsp3) is 0.303. The second-order valence-electron chi connectivity index (χ2n) is 11.3. The van der Waals surface area contributed by atoms with Crippen LogP contribution in [0.2, 0.25) is 0 Å². The molecule has 1 saturated heterocycles. The Hall–Kier alpha value is -4.48. The van der Waals surface area contributed by atoms with E-state index < -0.39 is 23.6 Å². The maximum atomic E-state index is 14.1. The molecule has 2 aromatic heterocycles. The van der Waals surface area contributed by atoms with Gasteiger partial charge in [0.15, 0.2) is 0 Å². The number of carbonyl (C=O) groups is 2. The molecule has 1 amide bonds. The summed E-state index contributed by atoms with van der Waals surface area (Å²) in [4.78, 5) is 36.3. The molecule has 0 spiro atoms. The number of hydrogen-bond acceptors (Lipinski definition) is 6. The van der Waals surface area contributed by atoms with Crippen molar-refractivity contribution in [1.29, 1.82) is 0 Å². The van der Waals surface area contributed by atoms with Gasteiger partial charge in [-0.2, -0.15) is 13.2 Å². The van der Waals surface area contributed by atoms with Crippen molar-refractivity contribution >= 4 is 40.7 Å². The van der Waals surface area contributed by atoms with Gasteiger partial charge in [0.1, 0.15) is 11.3 Å². The Morgan fingerprint density at radius 1 is 1.14 bits per heavy atom. The molecule has 0 bridgehead atoms. The fourth-order valence-corrected chi connectivity index (χ4v) is 5.37. The van der Waals surface area contributed by atoms with Crippen LogP contribution in [0.3, 0.4) is 0 Å². The lowest BCUT2D eigenvalue weighted by molar-refractivity contribution is -0.138. The van der Waals surface area contributed by atoms with E-state index in [1.54, 1.807) is 24.4 Å². The van der Waals surface area contributed by atoms with Crippen molar-refractivity contribution in [2.45, 2.75) is 32.1 Å². The Morgan fingerprint density at radius 2 is 1.93 bits per heavy atom. The molecule has 1 unspecified atom stereocenters. The number of benzene rings is 2. The molecule has 1 atom stereocenters. The molecule has 4 aromatic rings. The van der Waals surface area contributed by atoms with E-state index in [0.29, 0.717) is 29.6 Å². The number of anilines is 1. The Bertz CT molecular complexity index is 1730. The summed E-state index contributed by atoms with van der Waals surface area (Å²) in [7, 11) is 5.25. The molecule has 3 heterocycles. The third-order valence-electron chi connectivity index (χ3n) is 7.94. The van der Waals surface area contributed by atoms with E-state index in [-0.39, 0.29) is 17.7 Å². The highest BCUT2D eigenvalue weighted by Gasteiger charge is 2.35. The van der Waals surface area contributed by atoms with Crippen LogP contribution < -0.4 is 5.32 Å².